The summed E-state index contributed by atoms with van der Waals surface area (Å²) in [5, 5.41) is 2.86. The number of methoxy groups -OCH3 is 1. The van der Waals surface area contributed by atoms with Crippen LogP contribution in [-0.2, 0) is 14.8 Å². The Bertz CT molecular complexity index is 322. The first-order valence-electron chi connectivity index (χ1n) is 6.78. The van der Waals surface area contributed by atoms with E-state index in [0.717, 1.165) is 19.4 Å². The lowest BCUT2D eigenvalue weighted by Gasteiger charge is -2.31. The van der Waals surface area contributed by atoms with Crippen molar-refractivity contribution >= 4 is 10.0 Å². The van der Waals surface area contributed by atoms with Gasteiger partial charge in [-0.1, -0.05) is 13.8 Å². The van der Waals surface area contributed by atoms with Crippen molar-refractivity contribution < 1.29 is 13.2 Å². The summed E-state index contributed by atoms with van der Waals surface area (Å²) in [4.78, 5) is 0. The van der Waals surface area contributed by atoms with Crippen molar-refractivity contribution in [3.63, 3.8) is 0 Å². The fourth-order valence-corrected chi connectivity index (χ4v) is 4.64. The zero-order valence-electron chi connectivity index (χ0n) is 11.7. The van der Waals surface area contributed by atoms with E-state index < -0.39 is 10.0 Å². The van der Waals surface area contributed by atoms with Gasteiger partial charge in [0.2, 0.25) is 10.0 Å². The number of nitrogens with one attached hydrogen (secondary N) is 1. The molecule has 0 aliphatic carbocycles. The second kappa shape index (κ2) is 7.43. The zero-order chi connectivity index (χ0) is 13.6. The SMILES string of the molecule is CCC(CC)N(CCOC)S(=O)(=O)C1CCNC1. The first-order valence-corrected chi connectivity index (χ1v) is 8.28. The summed E-state index contributed by atoms with van der Waals surface area (Å²) in [6, 6.07) is 0.0887. The molecule has 1 fully saturated rings. The topological polar surface area (TPSA) is 58.6 Å². The molecule has 18 heavy (non-hydrogen) atoms. The molecule has 0 aromatic rings. The quantitative estimate of drug-likeness (QED) is 0.714. The van der Waals surface area contributed by atoms with Crippen LogP contribution in [0.3, 0.4) is 0 Å². The number of rotatable bonds is 8. The van der Waals surface area contributed by atoms with Gasteiger partial charge in [-0.05, 0) is 25.8 Å². The van der Waals surface area contributed by atoms with Crippen molar-refractivity contribution in [1.29, 1.82) is 0 Å². The van der Waals surface area contributed by atoms with Crippen molar-refractivity contribution in [3.05, 3.63) is 0 Å². The highest BCUT2D eigenvalue weighted by Crippen LogP contribution is 2.20. The lowest BCUT2D eigenvalue weighted by atomic mass is 10.2. The van der Waals surface area contributed by atoms with Crippen LogP contribution in [0, 0.1) is 0 Å². The minimum atomic E-state index is -3.21. The normalized spacial score (nSPS) is 21.1. The standard InChI is InChI=1S/C12H26N2O3S/c1-4-11(5-2)14(8-9-17-3)18(15,16)12-6-7-13-10-12/h11-13H,4-10H2,1-3H3. The zero-order valence-corrected chi connectivity index (χ0v) is 12.5. The lowest BCUT2D eigenvalue weighted by molar-refractivity contribution is 0.163. The van der Waals surface area contributed by atoms with Gasteiger partial charge >= 0.3 is 0 Å². The maximum absolute atomic E-state index is 12.6. The van der Waals surface area contributed by atoms with Crippen LogP contribution in [0.1, 0.15) is 33.1 Å². The molecule has 1 unspecified atom stereocenters. The van der Waals surface area contributed by atoms with E-state index in [1.165, 1.54) is 0 Å². The van der Waals surface area contributed by atoms with Crippen LogP contribution in [0.25, 0.3) is 0 Å². The molecule has 0 aromatic heterocycles. The van der Waals surface area contributed by atoms with Crippen LogP contribution >= 0.6 is 0 Å². The van der Waals surface area contributed by atoms with Crippen LogP contribution in [0.5, 0.6) is 0 Å². The molecule has 1 atom stereocenters. The molecule has 0 aromatic carbocycles. The minimum Gasteiger partial charge on any atom is -0.383 e. The maximum Gasteiger partial charge on any atom is 0.218 e. The van der Waals surface area contributed by atoms with Crippen LogP contribution in [-0.4, -0.2) is 57.4 Å². The molecular weight excluding hydrogens is 252 g/mol. The smallest absolute Gasteiger partial charge is 0.218 e. The summed E-state index contributed by atoms with van der Waals surface area (Å²) in [5.74, 6) is 0. The molecule has 1 aliphatic rings. The highest BCUT2D eigenvalue weighted by molar-refractivity contribution is 7.89. The Labute approximate surface area is 111 Å². The average molecular weight is 278 g/mol. The molecule has 0 bridgehead atoms. The highest BCUT2D eigenvalue weighted by atomic mass is 32.2. The number of hydrogen-bond donors (Lipinski definition) is 1. The second-order valence-electron chi connectivity index (χ2n) is 4.73. The summed E-state index contributed by atoms with van der Waals surface area (Å²) in [6.45, 7) is 6.36. The van der Waals surface area contributed by atoms with Crippen molar-refractivity contribution in [2.75, 3.05) is 33.4 Å². The van der Waals surface area contributed by atoms with Gasteiger partial charge < -0.3 is 10.1 Å². The number of nitrogens with zero attached hydrogens (tertiary/aromatic N) is 1. The summed E-state index contributed by atoms with van der Waals surface area (Å²) >= 11 is 0. The van der Waals surface area contributed by atoms with Crippen LogP contribution in [0.4, 0.5) is 0 Å². The van der Waals surface area contributed by atoms with E-state index in [2.05, 4.69) is 5.32 Å². The van der Waals surface area contributed by atoms with Crippen molar-refractivity contribution in [2.24, 2.45) is 0 Å². The lowest BCUT2D eigenvalue weighted by Crippen LogP contribution is -2.46. The monoisotopic (exact) mass is 278 g/mol. The Kier molecular flexibility index (Phi) is 6.55. The third-order valence-corrected chi connectivity index (χ3v) is 6.01. The molecule has 1 heterocycles. The van der Waals surface area contributed by atoms with Crippen LogP contribution in [0.15, 0.2) is 0 Å². The molecule has 0 amide bonds. The van der Waals surface area contributed by atoms with Gasteiger partial charge in [-0.2, -0.15) is 4.31 Å². The Morgan fingerprint density at radius 3 is 2.50 bits per heavy atom. The van der Waals surface area contributed by atoms with E-state index in [0.29, 0.717) is 26.1 Å². The Morgan fingerprint density at radius 1 is 1.39 bits per heavy atom. The highest BCUT2D eigenvalue weighted by Gasteiger charge is 2.36. The molecule has 0 saturated carbocycles. The predicted octanol–water partition coefficient (Wildman–Crippen LogP) is 0.815. The first-order chi connectivity index (χ1) is 8.57. The molecule has 6 heteroatoms. The van der Waals surface area contributed by atoms with Crippen molar-refractivity contribution in [2.45, 2.75) is 44.4 Å². The molecular formula is C12H26N2O3S. The summed E-state index contributed by atoms with van der Waals surface area (Å²) < 4.78 is 32.0. The van der Waals surface area contributed by atoms with Gasteiger partial charge in [0, 0.05) is 26.2 Å². The predicted molar refractivity (Wildman–Crippen MR) is 73.1 cm³/mol. The summed E-state index contributed by atoms with van der Waals surface area (Å²) in [7, 11) is -1.60. The van der Waals surface area contributed by atoms with Gasteiger partial charge in [0.1, 0.15) is 0 Å². The number of ether oxygens (including phenoxy) is 1. The fraction of sp³-hybridized carbons (Fsp3) is 1.00. The van der Waals surface area contributed by atoms with E-state index in [1.807, 2.05) is 13.8 Å². The molecule has 5 nitrogen and oxygen atoms in total. The Balaban J connectivity index is 2.85. The van der Waals surface area contributed by atoms with E-state index in [9.17, 15) is 8.42 Å². The fourth-order valence-electron chi connectivity index (χ4n) is 2.47. The third-order valence-electron chi connectivity index (χ3n) is 3.63. The van der Waals surface area contributed by atoms with E-state index in [4.69, 9.17) is 4.74 Å². The first kappa shape index (κ1) is 15.9. The van der Waals surface area contributed by atoms with Gasteiger partial charge in [0.15, 0.2) is 0 Å². The molecule has 1 saturated heterocycles. The summed E-state index contributed by atoms with van der Waals surface area (Å²) in [5.41, 5.74) is 0. The Hall–Kier alpha value is -0.170. The molecule has 108 valence electrons. The largest absolute Gasteiger partial charge is 0.383 e. The Morgan fingerprint density at radius 2 is 2.06 bits per heavy atom. The third kappa shape index (κ3) is 3.66. The molecule has 1 aliphatic heterocycles. The number of hydrogen-bond acceptors (Lipinski definition) is 4. The van der Waals surface area contributed by atoms with E-state index in [1.54, 1.807) is 11.4 Å². The van der Waals surface area contributed by atoms with Gasteiger partial charge in [0.25, 0.3) is 0 Å². The van der Waals surface area contributed by atoms with Crippen molar-refractivity contribution in [3.8, 4) is 0 Å². The molecule has 1 rings (SSSR count). The maximum atomic E-state index is 12.6. The number of sulfonamides is 1. The van der Waals surface area contributed by atoms with Gasteiger partial charge in [-0.3, -0.25) is 0 Å². The van der Waals surface area contributed by atoms with E-state index >= 15 is 0 Å². The molecule has 1 N–H and O–H groups in total. The van der Waals surface area contributed by atoms with Crippen LogP contribution < -0.4 is 5.32 Å². The van der Waals surface area contributed by atoms with Crippen LogP contribution in [0.2, 0.25) is 0 Å². The van der Waals surface area contributed by atoms with Gasteiger partial charge in [-0.25, -0.2) is 8.42 Å². The summed E-state index contributed by atoms with van der Waals surface area (Å²) in [6.07, 6.45) is 2.41. The van der Waals surface area contributed by atoms with E-state index in [-0.39, 0.29) is 11.3 Å². The van der Waals surface area contributed by atoms with Gasteiger partial charge in [0.05, 0.1) is 11.9 Å². The average Bonchev–Trinajstić information content (AvgIpc) is 2.88. The molecule has 0 radical (unpaired) electrons. The molecule has 0 spiro atoms. The minimum absolute atomic E-state index is 0.0887. The second-order valence-corrected chi connectivity index (χ2v) is 6.90. The van der Waals surface area contributed by atoms with Gasteiger partial charge in [-0.15, -0.1) is 0 Å². The van der Waals surface area contributed by atoms with Crippen molar-refractivity contribution in [1.82, 2.24) is 9.62 Å².